The van der Waals surface area contributed by atoms with Crippen LogP contribution in [-0.2, 0) is 19.2 Å². The summed E-state index contributed by atoms with van der Waals surface area (Å²) in [5, 5.41) is 36.4. The first kappa shape index (κ1) is 35.4. The maximum atomic E-state index is 12.5. The first-order valence-electron chi connectivity index (χ1n) is 12.1. The molecular formula is C22H38GdN5O7S. The van der Waals surface area contributed by atoms with Gasteiger partial charge in [0, 0.05) is 78.5 Å². The number of nitrogens with zero attached hydrogens (tertiary/aromatic N) is 4. The van der Waals surface area contributed by atoms with E-state index in [4.69, 9.17) is 0 Å². The van der Waals surface area contributed by atoms with Crippen molar-refractivity contribution in [2.75, 3.05) is 90.8 Å². The average molecular weight is 674 g/mol. The second-order valence-corrected chi connectivity index (χ2v) is 9.16. The molecule has 0 aromatic rings. The van der Waals surface area contributed by atoms with E-state index in [0.717, 1.165) is 31.4 Å². The molecule has 0 aromatic heterocycles. The Morgan fingerprint density at radius 1 is 0.583 bits per heavy atom. The number of carbonyl (C=O) groups excluding carboxylic acids is 4. The van der Waals surface area contributed by atoms with Crippen molar-refractivity contribution in [3.63, 3.8) is 0 Å². The maximum Gasteiger partial charge on any atom is 3.00 e. The van der Waals surface area contributed by atoms with E-state index >= 15 is 0 Å². The van der Waals surface area contributed by atoms with E-state index in [9.17, 15) is 34.5 Å². The molecule has 0 aromatic carbocycles. The molecule has 1 rings (SSSR count). The number of carbonyl (C=O) groups is 4. The fourth-order valence-corrected chi connectivity index (χ4v) is 4.06. The second-order valence-electron chi connectivity index (χ2n) is 8.71. The summed E-state index contributed by atoms with van der Waals surface area (Å²) in [6.07, 6.45) is 3.99. The molecule has 0 bridgehead atoms. The molecular weight excluding hydrogens is 636 g/mol. The number of unbranched alkanes of at least 4 members (excludes halogenated alkanes) is 3. The zero-order chi connectivity index (χ0) is 26.1. The second kappa shape index (κ2) is 21.3. The summed E-state index contributed by atoms with van der Waals surface area (Å²) >= 11 is 4.18. The molecule has 12 nitrogen and oxygen atoms in total. The maximum absolute atomic E-state index is 12.5. The summed E-state index contributed by atoms with van der Waals surface area (Å²) in [6.45, 7) is 2.15. The summed E-state index contributed by atoms with van der Waals surface area (Å²) in [7, 11) is 0. The number of carboxylic acids is 3. The molecule has 0 spiro atoms. The summed E-state index contributed by atoms with van der Waals surface area (Å²) in [4.78, 5) is 52.7. The number of hydrogen-bond donors (Lipinski definition) is 2. The molecule has 0 atom stereocenters. The van der Waals surface area contributed by atoms with E-state index in [0.29, 0.717) is 32.7 Å². The van der Waals surface area contributed by atoms with Crippen molar-refractivity contribution in [3.8, 4) is 0 Å². The van der Waals surface area contributed by atoms with E-state index in [1.807, 2.05) is 4.90 Å². The van der Waals surface area contributed by atoms with Gasteiger partial charge in [0.05, 0.1) is 24.5 Å². The first-order valence-corrected chi connectivity index (χ1v) is 12.7. The van der Waals surface area contributed by atoms with Crippen LogP contribution in [-0.4, -0.2) is 134 Å². The Hall–Kier alpha value is -0.605. The van der Waals surface area contributed by atoms with E-state index in [1.54, 1.807) is 14.7 Å². The average Bonchev–Trinajstić information content (AvgIpc) is 2.77. The van der Waals surface area contributed by atoms with Crippen LogP contribution in [0.5, 0.6) is 0 Å². The quantitative estimate of drug-likeness (QED) is 0.134. The third kappa shape index (κ3) is 18.6. The van der Waals surface area contributed by atoms with Gasteiger partial charge in [-0.05, 0) is 18.6 Å². The Morgan fingerprint density at radius 3 is 1.25 bits per heavy atom. The molecule has 1 heterocycles. The molecule has 1 saturated heterocycles. The molecule has 1 aliphatic rings. The van der Waals surface area contributed by atoms with Crippen LogP contribution < -0.4 is 20.6 Å². The van der Waals surface area contributed by atoms with Crippen molar-refractivity contribution in [1.82, 2.24) is 24.9 Å². The van der Waals surface area contributed by atoms with Crippen LogP contribution in [0.2, 0.25) is 0 Å². The van der Waals surface area contributed by atoms with Crippen molar-refractivity contribution in [3.05, 3.63) is 0 Å². The van der Waals surface area contributed by atoms with E-state index in [2.05, 4.69) is 17.9 Å². The van der Waals surface area contributed by atoms with Gasteiger partial charge in [0.2, 0.25) is 5.91 Å². The Morgan fingerprint density at radius 2 is 0.917 bits per heavy atom. The van der Waals surface area contributed by atoms with Gasteiger partial charge in [-0.25, -0.2) is 0 Å². The topological polar surface area (TPSA) is 162 Å². The van der Waals surface area contributed by atoms with Gasteiger partial charge in [0.15, 0.2) is 0 Å². The van der Waals surface area contributed by atoms with Gasteiger partial charge in [0.25, 0.3) is 0 Å². The molecule has 0 saturated carbocycles. The molecule has 0 unspecified atom stereocenters. The van der Waals surface area contributed by atoms with Crippen LogP contribution in [0.1, 0.15) is 25.7 Å². The number of thiol groups is 1. The van der Waals surface area contributed by atoms with E-state index in [-0.39, 0.29) is 98.2 Å². The number of aliphatic carboxylic acids is 3. The van der Waals surface area contributed by atoms with Crippen LogP contribution in [0, 0.1) is 39.9 Å². The number of nitrogens with one attached hydrogen (secondary N) is 1. The fraction of sp³-hybridized carbons (Fsp3) is 0.818. The van der Waals surface area contributed by atoms with Gasteiger partial charge < -0.3 is 35.0 Å². The smallest absolute Gasteiger partial charge is 0.549 e. The Kier molecular flexibility index (Phi) is 21.0. The summed E-state index contributed by atoms with van der Waals surface area (Å²) in [5.74, 6) is -3.06. The van der Waals surface area contributed by atoms with Gasteiger partial charge in [-0.3, -0.25) is 24.4 Å². The minimum atomic E-state index is -1.27. The molecule has 1 aliphatic heterocycles. The Labute approximate surface area is 250 Å². The van der Waals surface area contributed by atoms with Gasteiger partial charge in [-0.15, -0.1) is 0 Å². The summed E-state index contributed by atoms with van der Waals surface area (Å²) in [5.41, 5.74) is 0. The molecule has 1 radical (unpaired) electrons. The van der Waals surface area contributed by atoms with Crippen LogP contribution in [0.3, 0.4) is 0 Å². The first-order chi connectivity index (χ1) is 16.7. The van der Waals surface area contributed by atoms with Crippen LogP contribution in [0.25, 0.3) is 0 Å². The van der Waals surface area contributed by atoms with Crippen molar-refractivity contribution >= 4 is 36.4 Å². The van der Waals surface area contributed by atoms with Gasteiger partial charge in [0.1, 0.15) is 0 Å². The molecule has 36 heavy (non-hydrogen) atoms. The molecule has 1 amide bonds. The van der Waals surface area contributed by atoms with E-state index < -0.39 is 17.9 Å². The standard InChI is InChI=1S/C22H41N5O7S.Gd/c28-19(23-5-3-1-2-4-14-35)15-24-6-8-25(16-20(29)30)10-12-27(18-22(33)34)13-11-26(9-7-24)17-21(31)32;/h35H,1-18H2,(H,23,28)(H,29,30)(H,31,32)(H,33,34);/q;+3/p-3. The van der Waals surface area contributed by atoms with Gasteiger partial charge >= 0.3 is 39.9 Å². The SMILES string of the molecule is O=C([O-])CN1CCN(CC(=O)[O-])CCN(CC(=O)NCCCCCCS)CCN(CC(=O)[O-])CC1.[Gd+3]. The normalized spacial score (nSPS) is 17.4. The van der Waals surface area contributed by atoms with Crippen LogP contribution in [0.4, 0.5) is 0 Å². The zero-order valence-electron chi connectivity index (χ0n) is 20.7. The number of rotatable bonds is 14. The van der Waals surface area contributed by atoms with Crippen molar-refractivity contribution in [2.24, 2.45) is 0 Å². The fourth-order valence-electron chi connectivity index (χ4n) is 3.84. The van der Waals surface area contributed by atoms with Gasteiger partial charge in [-0.1, -0.05) is 12.8 Å². The minimum absolute atomic E-state index is 0. The molecule has 0 aliphatic carbocycles. The predicted molar refractivity (Wildman–Crippen MR) is 126 cm³/mol. The van der Waals surface area contributed by atoms with Crippen molar-refractivity contribution in [1.29, 1.82) is 0 Å². The minimum Gasteiger partial charge on any atom is -0.549 e. The van der Waals surface area contributed by atoms with Crippen LogP contribution in [0.15, 0.2) is 0 Å². The monoisotopic (exact) mass is 674 g/mol. The number of amides is 1. The van der Waals surface area contributed by atoms with Crippen LogP contribution >= 0.6 is 12.6 Å². The molecule has 1 fully saturated rings. The third-order valence-corrected chi connectivity index (χ3v) is 6.08. The summed E-state index contributed by atoms with van der Waals surface area (Å²) < 4.78 is 0. The van der Waals surface area contributed by atoms with Gasteiger partial charge in [-0.2, -0.15) is 12.6 Å². The number of carboxylic acid groups (broad SMARTS) is 3. The van der Waals surface area contributed by atoms with Crippen molar-refractivity contribution < 1.29 is 74.4 Å². The molecule has 1 N–H and O–H groups in total. The number of hydrogen-bond acceptors (Lipinski definition) is 12. The predicted octanol–water partition coefficient (Wildman–Crippen LogP) is -4.94. The van der Waals surface area contributed by atoms with E-state index in [1.165, 1.54) is 0 Å². The summed E-state index contributed by atoms with van der Waals surface area (Å²) in [6, 6.07) is 0. The third-order valence-electron chi connectivity index (χ3n) is 5.76. The molecule has 207 valence electrons. The Bertz CT molecular complexity index is 645. The Balaban J connectivity index is 0.0000122. The van der Waals surface area contributed by atoms with Crippen molar-refractivity contribution in [2.45, 2.75) is 25.7 Å². The molecule has 14 heteroatoms. The zero-order valence-corrected chi connectivity index (χ0v) is 23.8. The largest absolute Gasteiger partial charge is 3.00 e.